The number of carbonyl (C=O) groups is 1. The number of hydrogen-bond donors (Lipinski definition) is 1. The van der Waals surface area contributed by atoms with Crippen LogP contribution in [0.3, 0.4) is 0 Å². The summed E-state index contributed by atoms with van der Waals surface area (Å²) < 4.78 is 22.4. The molecule has 0 aromatic heterocycles. The van der Waals surface area contributed by atoms with Crippen LogP contribution in [0.5, 0.6) is 23.0 Å². The first-order chi connectivity index (χ1) is 13.9. The molecule has 30 heavy (non-hydrogen) atoms. The van der Waals surface area contributed by atoms with Gasteiger partial charge in [0.1, 0.15) is 5.69 Å². The number of anilines is 2. The van der Waals surface area contributed by atoms with Crippen LogP contribution in [0.25, 0.3) is 0 Å². The number of carbonyl (C=O) groups excluding carboxylic acids is 1. The van der Waals surface area contributed by atoms with Crippen molar-refractivity contribution in [3.8, 4) is 23.0 Å². The van der Waals surface area contributed by atoms with Gasteiger partial charge in [0.05, 0.1) is 32.6 Å². The molecule has 6 heteroatoms. The summed E-state index contributed by atoms with van der Waals surface area (Å²) in [5.41, 5.74) is 3.63. The van der Waals surface area contributed by atoms with E-state index in [0.29, 0.717) is 34.2 Å². The van der Waals surface area contributed by atoms with Gasteiger partial charge in [0.15, 0.2) is 17.2 Å². The molecule has 2 aromatic carbocycles. The zero-order valence-electron chi connectivity index (χ0n) is 19.3. The maximum absolute atomic E-state index is 12.5. The monoisotopic (exact) mass is 413 g/mol. The number of fused-ring (bicyclic) bond motifs is 2. The third kappa shape index (κ3) is 3.66. The maximum atomic E-state index is 12.5. The number of ether oxygens (including phenoxy) is 4. The summed E-state index contributed by atoms with van der Waals surface area (Å²) in [6, 6.07) is 5.87. The Morgan fingerprint density at radius 3 is 2.07 bits per heavy atom. The molecule has 0 saturated carbocycles. The van der Waals surface area contributed by atoms with Crippen molar-refractivity contribution in [2.45, 2.75) is 52.4 Å². The number of esters is 1. The fourth-order valence-electron chi connectivity index (χ4n) is 3.51. The number of hydrogen-bond acceptors (Lipinski definition) is 6. The van der Waals surface area contributed by atoms with Gasteiger partial charge < -0.3 is 24.3 Å². The highest BCUT2D eigenvalue weighted by Gasteiger charge is 2.34. The first-order valence-electron chi connectivity index (χ1n) is 9.93. The summed E-state index contributed by atoms with van der Waals surface area (Å²) in [5.74, 6) is 1.43. The second-order valence-corrected chi connectivity index (χ2v) is 9.48. The van der Waals surface area contributed by atoms with E-state index in [1.807, 2.05) is 0 Å². The first-order valence-corrected chi connectivity index (χ1v) is 9.93. The molecular weight excluding hydrogens is 382 g/mol. The zero-order chi connectivity index (χ0) is 22.4. The zero-order valence-corrected chi connectivity index (χ0v) is 19.3. The first kappa shape index (κ1) is 21.8. The van der Waals surface area contributed by atoms with E-state index in [2.05, 4.69) is 59.0 Å². The highest BCUT2D eigenvalue weighted by atomic mass is 16.5. The smallest absolute Gasteiger partial charge is 0.340 e. The molecule has 6 nitrogen and oxygen atoms in total. The van der Waals surface area contributed by atoms with E-state index >= 15 is 0 Å². The SMILES string of the molecule is COC(=O)c1cc(OC)c(OC)c2c1Nc1cc(C(C)(C)C)cc(C(C)(C)C)c1O2. The molecule has 1 aliphatic rings. The van der Waals surface area contributed by atoms with Crippen molar-refractivity contribution in [1.29, 1.82) is 0 Å². The molecule has 1 heterocycles. The lowest BCUT2D eigenvalue weighted by atomic mass is 9.79. The molecule has 0 saturated heterocycles. The van der Waals surface area contributed by atoms with Gasteiger partial charge >= 0.3 is 5.97 Å². The molecule has 0 unspecified atom stereocenters. The van der Waals surface area contributed by atoms with Crippen molar-refractivity contribution in [3.63, 3.8) is 0 Å². The Bertz CT molecular complexity index is 996. The van der Waals surface area contributed by atoms with Crippen LogP contribution < -0.4 is 19.5 Å². The fraction of sp³-hybridized carbons (Fsp3) is 0.458. The van der Waals surface area contributed by atoms with E-state index < -0.39 is 5.97 Å². The van der Waals surface area contributed by atoms with Crippen molar-refractivity contribution in [3.05, 3.63) is 34.9 Å². The highest BCUT2D eigenvalue weighted by molar-refractivity contribution is 6.01. The van der Waals surface area contributed by atoms with Crippen LogP contribution in [-0.2, 0) is 15.6 Å². The number of nitrogens with one attached hydrogen (secondary N) is 1. The highest BCUT2D eigenvalue weighted by Crippen LogP contribution is 2.55. The van der Waals surface area contributed by atoms with Crippen molar-refractivity contribution in [2.24, 2.45) is 0 Å². The van der Waals surface area contributed by atoms with Gasteiger partial charge in [0.25, 0.3) is 0 Å². The van der Waals surface area contributed by atoms with Crippen LogP contribution >= 0.6 is 0 Å². The van der Waals surface area contributed by atoms with E-state index in [-0.39, 0.29) is 10.8 Å². The van der Waals surface area contributed by atoms with Gasteiger partial charge in [0, 0.05) is 11.6 Å². The van der Waals surface area contributed by atoms with Crippen molar-refractivity contribution >= 4 is 17.3 Å². The molecule has 2 aromatic rings. The van der Waals surface area contributed by atoms with Gasteiger partial charge in [-0.05, 0) is 22.5 Å². The Balaban J connectivity index is 2.32. The molecule has 0 aliphatic carbocycles. The number of benzene rings is 2. The van der Waals surface area contributed by atoms with Crippen LogP contribution in [0, 0.1) is 0 Å². The van der Waals surface area contributed by atoms with Crippen LogP contribution in [-0.4, -0.2) is 27.3 Å². The molecule has 0 atom stereocenters. The van der Waals surface area contributed by atoms with E-state index in [4.69, 9.17) is 18.9 Å². The van der Waals surface area contributed by atoms with Crippen molar-refractivity contribution < 1.29 is 23.7 Å². The molecule has 0 amide bonds. The fourth-order valence-corrected chi connectivity index (χ4v) is 3.51. The second-order valence-electron chi connectivity index (χ2n) is 9.48. The van der Waals surface area contributed by atoms with Crippen LogP contribution in [0.4, 0.5) is 11.4 Å². The topological polar surface area (TPSA) is 66.0 Å². The van der Waals surface area contributed by atoms with E-state index in [1.54, 1.807) is 13.2 Å². The molecule has 3 rings (SSSR count). The minimum atomic E-state index is -0.491. The summed E-state index contributed by atoms with van der Waals surface area (Å²) in [5, 5.41) is 3.41. The summed E-state index contributed by atoms with van der Waals surface area (Å²) in [6.07, 6.45) is 0. The summed E-state index contributed by atoms with van der Waals surface area (Å²) >= 11 is 0. The molecule has 162 valence electrons. The van der Waals surface area contributed by atoms with Crippen LogP contribution in [0.15, 0.2) is 18.2 Å². The average molecular weight is 414 g/mol. The lowest BCUT2D eigenvalue weighted by Crippen LogP contribution is -2.20. The van der Waals surface area contributed by atoms with Gasteiger partial charge in [-0.1, -0.05) is 47.6 Å². The number of rotatable bonds is 3. The lowest BCUT2D eigenvalue weighted by molar-refractivity contribution is 0.0601. The van der Waals surface area contributed by atoms with Gasteiger partial charge in [-0.3, -0.25) is 0 Å². The molecule has 0 spiro atoms. The van der Waals surface area contributed by atoms with Gasteiger partial charge in [-0.2, -0.15) is 0 Å². The Morgan fingerprint density at radius 1 is 0.900 bits per heavy atom. The quantitative estimate of drug-likeness (QED) is 0.537. The summed E-state index contributed by atoms with van der Waals surface area (Å²) in [7, 11) is 4.41. The molecule has 1 N–H and O–H groups in total. The average Bonchev–Trinajstić information content (AvgIpc) is 2.68. The second kappa shape index (κ2) is 7.42. The maximum Gasteiger partial charge on any atom is 0.340 e. The molecule has 0 radical (unpaired) electrons. The normalized spacial score (nSPS) is 12.8. The molecular formula is C24H31NO5. The van der Waals surface area contributed by atoms with Gasteiger partial charge in [-0.15, -0.1) is 0 Å². The minimum Gasteiger partial charge on any atom is -0.493 e. The van der Waals surface area contributed by atoms with E-state index in [0.717, 1.165) is 11.3 Å². The predicted molar refractivity (Wildman–Crippen MR) is 118 cm³/mol. The standard InChI is InChI=1S/C24H31NO5/c1-23(2,3)13-10-15(24(4,5)6)19-16(11-13)25-18-14(22(26)29-9)12-17(27-7)20(28-8)21(18)30-19/h10-12,25H,1-9H3. The van der Waals surface area contributed by atoms with Crippen molar-refractivity contribution in [2.75, 3.05) is 26.6 Å². The van der Waals surface area contributed by atoms with Gasteiger partial charge in [0.2, 0.25) is 5.75 Å². The Kier molecular flexibility index (Phi) is 5.39. The van der Waals surface area contributed by atoms with Gasteiger partial charge in [-0.25, -0.2) is 4.79 Å². The van der Waals surface area contributed by atoms with Crippen molar-refractivity contribution in [1.82, 2.24) is 0 Å². The molecule has 1 aliphatic heterocycles. The third-order valence-corrected chi connectivity index (χ3v) is 5.26. The lowest BCUT2D eigenvalue weighted by Gasteiger charge is -2.33. The van der Waals surface area contributed by atoms with E-state index in [9.17, 15) is 4.79 Å². The summed E-state index contributed by atoms with van der Waals surface area (Å²) in [4.78, 5) is 12.5. The van der Waals surface area contributed by atoms with E-state index in [1.165, 1.54) is 19.8 Å². The van der Waals surface area contributed by atoms with Crippen LogP contribution in [0.2, 0.25) is 0 Å². The molecule has 0 fully saturated rings. The largest absolute Gasteiger partial charge is 0.493 e. The Labute approximate surface area is 178 Å². The predicted octanol–water partition coefficient (Wildman–Crippen LogP) is 5.93. The summed E-state index contributed by atoms with van der Waals surface area (Å²) in [6.45, 7) is 13.0. The third-order valence-electron chi connectivity index (χ3n) is 5.26. The number of methoxy groups -OCH3 is 3. The minimum absolute atomic E-state index is 0.0558. The van der Waals surface area contributed by atoms with Crippen LogP contribution in [0.1, 0.15) is 63.0 Å². The molecule has 0 bridgehead atoms. The Morgan fingerprint density at radius 2 is 1.57 bits per heavy atom. The Hall–Kier alpha value is -2.89.